The molecule has 0 aromatic carbocycles. The first kappa shape index (κ1) is 18.1. The van der Waals surface area contributed by atoms with Gasteiger partial charge >= 0.3 is 0 Å². The molecular weight excluding hydrogens is 286 g/mol. The van der Waals surface area contributed by atoms with Crippen molar-refractivity contribution < 1.29 is 19.1 Å². The Bertz CT molecular complexity index is 440. The Kier molecular flexibility index (Phi) is 8.78. The highest BCUT2D eigenvalue weighted by Crippen LogP contribution is 2.00. The maximum absolute atomic E-state index is 11.9. The van der Waals surface area contributed by atoms with Crippen molar-refractivity contribution in [1.29, 1.82) is 0 Å². The Morgan fingerprint density at radius 1 is 0.955 bits per heavy atom. The number of carbonyl (C=O) groups excluding carboxylic acids is 2. The number of hydrogen-bond acceptors (Lipinski definition) is 5. The minimum absolute atomic E-state index is 0.224. The molecule has 0 aliphatic rings. The molecule has 0 spiro atoms. The fourth-order valence-electron chi connectivity index (χ4n) is 1.71. The Labute approximate surface area is 130 Å². The lowest BCUT2D eigenvalue weighted by Crippen LogP contribution is -2.29. The number of carbonyl (C=O) groups is 2. The van der Waals surface area contributed by atoms with E-state index >= 15 is 0 Å². The van der Waals surface area contributed by atoms with E-state index < -0.39 is 0 Å². The van der Waals surface area contributed by atoms with Gasteiger partial charge in [-0.1, -0.05) is 6.07 Å². The second-order valence-corrected chi connectivity index (χ2v) is 4.61. The average Bonchev–Trinajstić information content (AvgIpc) is 2.55. The maximum atomic E-state index is 11.9. The van der Waals surface area contributed by atoms with Gasteiger partial charge in [0.05, 0.1) is 0 Å². The summed E-state index contributed by atoms with van der Waals surface area (Å²) in [6.07, 6.45) is 1.45. The van der Waals surface area contributed by atoms with Crippen LogP contribution in [0.1, 0.15) is 33.8 Å². The lowest BCUT2D eigenvalue weighted by Gasteiger charge is -2.07. The van der Waals surface area contributed by atoms with E-state index in [0.29, 0.717) is 26.3 Å². The summed E-state index contributed by atoms with van der Waals surface area (Å²) in [5.41, 5.74) is 0.448. The third-order valence-electron chi connectivity index (χ3n) is 2.84. The number of hydrogen-bond donors (Lipinski definition) is 2. The third kappa shape index (κ3) is 6.64. The number of nitrogens with zero attached hydrogens (tertiary/aromatic N) is 1. The molecule has 0 aliphatic carbocycles. The van der Waals surface area contributed by atoms with Gasteiger partial charge in [-0.3, -0.25) is 9.59 Å². The van der Waals surface area contributed by atoms with Crippen LogP contribution in [0.4, 0.5) is 0 Å². The van der Waals surface area contributed by atoms with Gasteiger partial charge in [-0.2, -0.15) is 0 Å². The smallest absolute Gasteiger partial charge is 0.269 e. The van der Waals surface area contributed by atoms with Gasteiger partial charge in [0.2, 0.25) is 0 Å². The van der Waals surface area contributed by atoms with Gasteiger partial charge in [-0.15, -0.1) is 0 Å². The molecule has 1 aromatic rings. The van der Waals surface area contributed by atoms with E-state index in [1.807, 2.05) is 0 Å². The van der Waals surface area contributed by atoms with Crippen LogP contribution in [-0.4, -0.2) is 57.3 Å². The topological polar surface area (TPSA) is 89.5 Å². The minimum Gasteiger partial charge on any atom is -0.385 e. The number of aromatic nitrogens is 1. The highest BCUT2D eigenvalue weighted by Gasteiger charge is 2.11. The molecule has 0 saturated carbocycles. The van der Waals surface area contributed by atoms with Crippen LogP contribution >= 0.6 is 0 Å². The summed E-state index contributed by atoms with van der Waals surface area (Å²) >= 11 is 0. The zero-order valence-corrected chi connectivity index (χ0v) is 13.1. The molecule has 0 fully saturated rings. The minimum atomic E-state index is -0.301. The lowest BCUT2D eigenvalue weighted by atomic mass is 10.2. The number of methoxy groups -OCH3 is 2. The first-order chi connectivity index (χ1) is 10.7. The summed E-state index contributed by atoms with van der Waals surface area (Å²) in [5.74, 6) is -0.602. The Morgan fingerprint density at radius 2 is 1.41 bits per heavy atom. The van der Waals surface area contributed by atoms with Crippen molar-refractivity contribution in [2.45, 2.75) is 12.8 Å². The fraction of sp³-hybridized carbons (Fsp3) is 0.533. The number of ether oxygens (including phenoxy) is 2. The summed E-state index contributed by atoms with van der Waals surface area (Å²) in [5, 5.41) is 5.46. The second-order valence-electron chi connectivity index (χ2n) is 4.61. The standard InChI is InChI=1S/C15H23N3O4/c1-21-10-4-8-16-14(19)12-6-3-7-13(18-12)15(20)17-9-5-11-22-2/h3,6-7H,4-5,8-11H2,1-2H3,(H,16,19)(H,17,20). The van der Waals surface area contributed by atoms with Gasteiger partial charge in [0.15, 0.2) is 0 Å². The largest absolute Gasteiger partial charge is 0.385 e. The zero-order valence-electron chi connectivity index (χ0n) is 13.1. The van der Waals surface area contributed by atoms with E-state index in [1.54, 1.807) is 32.4 Å². The summed E-state index contributed by atoms with van der Waals surface area (Å²) in [4.78, 5) is 27.9. The van der Waals surface area contributed by atoms with Crippen LogP contribution in [0.5, 0.6) is 0 Å². The number of nitrogens with one attached hydrogen (secondary N) is 2. The fourth-order valence-corrected chi connectivity index (χ4v) is 1.71. The van der Waals surface area contributed by atoms with E-state index in [2.05, 4.69) is 15.6 Å². The Morgan fingerprint density at radius 3 is 1.82 bits per heavy atom. The predicted octanol–water partition coefficient (Wildman–Crippen LogP) is 0.614. The van der Waals surface area contributed by atoms with Gasteiger partial charge in [0, 0.05) is 40.5 Å². The molecule has 0 aliphatic heterocycles. The molecule has 0 bridgehead atoms. The van der Waals surface area contributed by atoms with E-state index in [-0.39, 0.29) is 23.2 Å². The average molecular weight is 309 g/mol. The third-order valence-corrected chi connectivity index (χ3v) is 2.84. The molecule has 22 heavy (non-hydrogen) atoms. The van der Waals surface area contributed by atoms with Crippen LogP contribution in [0.3, 0.4) is 0 Å². The first-order valence-corrected chi connectivity index (χ1v) is 7.20. The molecular formula is C15H23N3O4. The van der Waals surface area contributed by atoms with Gasteiger partial charge in [0.1, 0.15) is 11.4 Å². The summed E-state index contributed by atoms with van der Waals surface area (Å²) in [6.45, 7) is 2.17. The van der Waals surface area contributed by atoms with Crippen LogP contribution in [0.25, 0.3) is 0 Å². The van der Waals surface area contributed by atoms with E-state index in [1.165, 1.54) is 0 Å². The Hall–Kier alpha value is -1.99. The molecule has 0 atom stereocenters. The van der Waals surface area contributed by atoms with Crippen molar-refractivity contribution in [3.05, 3.63) is 29.6 Å². The molecule has 122 valence electrons. The highest BCUT2D eigenvalue weighted by molar-refractivity contribution is 5.96. The van der Waals surface area contributed by atoms with E-state index in [0.717, 1.165) is 12.8 Å². The molecule has 2 amide bonds. The number of amides is 2. The van der Waals surface area contributed by atoms with Gasteiger partial charge in [-0.05, 0) is 25.0 Å². The summed E-state index contributed by atoms with van der Waals surface area (Å²) in [6, 6.07) is 4.79. The van der Waals surface area contributed by atoms with Crippen LogP contribution in [0.2, 0.25) is 0 Å². The first-order valence-electron chi connectivity index (χ1n) is 7.20. The van der Waals surface area contributed by atoms with Gasteiger partial charge in [0.25, 0.3) is 11.8 Å². The lowest BCUT2D eigenvalue weighted by molar-refractivity contribution is 0.0939. The molecule has 0 radical (unpaired) electrons. The van der Waals surface area contributed by atoms with Gasteiger partial charge in [-0.25, -0.2) is 4.98 Å². The van der Waals surface area contributed by atoms with Crippen molar-refractivity contribution in [1.82, 2.24) is 15.6 Å². The van der Waals surface area contributed by atoms with Crippen LogP contribution in [0, 0.1) is 0 Å². The maximum Gasteiger partial charge on any atom is 0.269 e. The van der Waals surface area contributed by atoms with Crippen LogP contribution in [0.15, 0.2) is 18.2 Å². The Balaban J connectivity index is 2.50. The molecule has 0 unspecified atom stereocenters. The number of pyridine rings is 1. The summed E-state index contributed by atoms with van der Waals surface area (Å²) in [7, 11) is 3.22. The van der Waals surface area contributed by atoms with Crippen molar-refractivity contribution in [2.75, 3.05) is 40.5 Å². The molecule has 2 N–H and O–H groups in total. The zero-order chi connectivity index (χ0) is 16.2. The molecule has 7 nitrogen and oxygen atoms in total. The molecule has 1 heterocycles. The second kappa shape index (κ2) is 10.7. The molecule has 1 rings (SSSR count). The number of rotatable bonds is 10. The monoisotopic (exact) mass is 309 g/mol. The van der Waals surface area contributed by atoms with Crippen molar-refractivity contribution in [3.8, 4) is 0 Å². The highest BCUT2D eigenvalue weighted by atomic mass is 16.5. The van der Waals surface area contributed by atoms with Crippen molar-refractivity contribution in [2.24, 2.45) is 0 Å². The predicted molar refractivity (Wildman–Crippen MR) is 81.9 cm³/mol. The quantitative estimate of drug-likeness (QED) is 0.618. The van der Waals surface area contributed by atoms with E-state index in [9.17, 15) is 9.59 Å². The normalized spacial score (nSPS) is 10.3. The SMILES string of the molecule is COCCCNC(=O)c1cccc(C(=O)NCCCOC)n1. The molecule has 0 saturated heterocycles. The van der Waals surface area contributed by atoms with Crippen LogP contribution < -0.4 is 10.6 Å². The molecule has 7 heteroatoms. The van der Waals surface area contributed by atoms with Crippen molar-refractivity contribution in [3.63, 3.8) is 0 Å². The molecule has 1 aromatic heterocycles. The summed E-state index contributed by atoms with van der Waals surface area (Å²) < 4.78 is 9.81. The van der Waals surface area contributed by atoms with Crippen LogP contribution in [-0.2, 0) is 9.47 Å². The van der Waals surface area contributed by atoms with E-state index in [4.69, 9.17) is 9.47 Å². The van der Waals surface area contributed by atoms with Crippen molar-refractivity contribution >= 4 is 11.8 Å². The van der Waals surface area contributed by atoms with Gasteiger partial charge < -0.3 is 20.1 Å².